The molecule has 0 heterocycles. The van der Waals surface area contributed by atoms with E-state index in [0.29, 0.717) is 0 Å². The lowest BCUT2D eigenvalue weighted by Crippen LogP contribution is -2.15. The molecule has 0 fully saturated rings. The normalized spacial score (nSPS) is 11.8. The summed E-state index contributed by atoms with van der Waals surface area (Å²) in [5, 5.41) is 7.75. The lowest BCUT2D eigenvalue weighted by atomic mass is 10.8. The number of carbonyl (C=O) groups is 2. The van der Waals surface area contributed by atoms with Crippen molar-refractivity contribution in [2.24, 2.45) is 0 Å². The van der Waals surface area contributed by atoms with Gasteiger partial charge in [0.05, 0.1) is 0 Å². The zero-order chi connectivity index (χ0) is 8.15. The van der Waals surface area contributed by atoms with Crippen LogP contribution in [0.2, 0.25) is 0 Å². The Balaban J connectivity index is 3.54. The van der Waals surface area contributed by atoms with Crippen molar-refractivity contribution < 1.29 is 28.6 Å². The van der Waals surface area contributed by atoms with E-state index in [0.717, 1.165) is 6.92 Å². The van der Waals surface area contributed by atoms with Gasteiger partial charge in [-0.2, -0.15) is 0 Å². The van der Waals surface area contributed by atoms with E-state index in [1.807, 2.05) is 0 Å². The molecule has 1 N–H and O–H groups in total. The summed E-state index contributed by atoms with van der Waals surface area (Å²) < 4.78 is 18.7. The third kappa shape index (κ3) is 4.82. The number of hydrogen-bond acceptors (Lipinski definition) is 4. The van der Waals surface area contributed by atoms with Crippen molar-refractivity contribution in [2.75, 3.05) is 0 Å². The molecule has 0 aromatic rings. The third-order valence-corrected chi connectivity index (χ3v) is 0.429. The summed E-state index contributed by atoms with van der Waals surface area (Å²) in [4.78, 5) is 19.5. The molecule has 58 valence electrons. The average Bonchev–Trinajstić information content (AvgIpc) is 1.58. The highest BCUT2D eigenvalue weighted by atomic mass is 19.1. The molecule has 10 heavy (non-hydrogen) atoms. The Morgan fingerprint density at radius 2 is 2.10 bits per heavy atom. The van der Waals surface area contributed by atoms with Crippen molar-refractivity contribution in [3.05, 3.63) is 0 Å². The van der Waals surface area contributed by atoms with Crippen LogP contribution in [-0.4, -0.2) is 23.8 Å². The van der Waals surface area contributed by atoms with Crippen LogP contribution in [0, 0.1) is 0 Å². The summed E-state index contributed by atoms with van der Waals surface area (Å²) in [7, 11) is 0. The highest BCUT2D eigenvalue weighted by Gasteiger charge is 2.12. The molecule has 0 saturated carbocycles. The molecule has 0 spiro atoms. The maximum atomic E-state index is 11.7. The topological polar surface area (TPSA) is 72.8 Å². The van der Waals surface area contributed by atoms with Crippen LogP contribution in [0.4, 0.5) is 14.0 Å². The summed E-state index contributed by atoms with van der Waals surface area (Å²) in [5.74, 6) is 0. The molecule has 5 nitrogen and oxygen atoms in total. The smallest absolute Gasteiger partial charge is 0.449 e. The molecule has 0 bridgehead atoms. The molecule has 0 aliphatic heterocycles. The van der Waals surface area contributed by atoms with Crippen molar-refractivity contribution in [1.82, 2.24) is 0 Å². The van der Waals surface area contributed by atoms with E-state index in [9.17, 15) is 14.0 Å². The number of rotatable bonds is 1. The van der Waals surface area contributed by atoms with E-state index in [4.69, 9.17) is 5.11 Å². The van der Waals surface area contributed by atoms with Crippen LogP contribution in [0.5, 0.6) is 0 Å². The van der Waals surface area contributed by atoms with Crippen LogP contribution < -0.4 is 0 Å². The van der Waals surface area contributed by atoms with Gasteiger partial charge in [0.15, 0.2) is 0 Å². The summed E-state index contributed by atoms with van der Waals surface area (Å²) in [6.45, 7) is 0.920. The van der Waals surface area contributed by atoms with Crippen LogP contribution in [0.25, 0.3) is 0 Å². The monoisotopic (exact) mass is 152 g/mol. The molecule has 0 rings (SSSR count). The molecule has 0 aromatic carbocycles. The van der Waals surface area contributed by atoms with Crippen molar-refractivity contribution in [3.63, 3.8) is 0 Å². The van der Waals surface area contributed by atoms with Gasteiger partial charge < -0.3 is 14.6 Å². The highest BCUT2D eigenvalue weighted by Crippen LogP contribution is 1.94. The zero-order valence-corrected chi connectivity index (χ0v) is 5.04. The van der Waals surface area contributed by atoms with Crippen molar-refractivity contribution in [1.29, 1.82) is 0 Å². The SMILES string of the molecule is CC(F)OC(=O)OC(=O)O. The second kappa shape index (κ2) is 3.65. The number of hydrogen-bond donors (Lipinski definition) is 1. The van der Waals surface area contributed by atoms with Gasteiger partial charge in [-0.25, -0.2) is 14.0 Å². The van der Waals surface area contributed by atoms with Gasteiger partial charge in [0, 0.05) is 6.92 Å². The van der Waals surface area contributed by atoms with Gasteiger partial charge in [-0.3, -0.25) is 0 Å². The van der Waals surface area contributed by atoms with Gasteiger partial charge >= 0.3 is 12.3 Å². The van der Waals surface area contributed by atoms with Crippen LogP contribution >= 0.6 is 0 Å². The molecular formula is C4H5FO5. The van der Waals surface area contributed by atoms with Gasteiger partial charge in [0.1, 0.15) is 0 Å². The van der Waals surface area contributed by atoms with E-state index < -0.39 is 18.7 Å². The van der Waals surface area contributed by atoms with E-state index >= 15 is 0 Å². The number of carbonyl (C=O) groups excluding carboxylic acids is 1. The summed E-state index contributed by atoms with van der Waals surface area (Å²) in [5.41, 5.74) is 0. The summed E-state index contributed by atoms with van der Waals surface area (Å²) in [6.07, 6.45) is -5.26. The molecule has 1 atom stereocenters. The summed E-state index contributed by atoms with van der Waals surface area (Å²) in [6, 6.07) is 0. The molecule has 0 aliphatic rings. The van der Waals surface area contributed by atoms with E-state index in [1.165, 1.54) is 0 Å². The molecule has 0 radical (unpaired) electrons. The Morgan fingerprint density at radius 1 is 1.60 bits per heavy atom. The van der Waals surface area contributed by atoms with Gasteiger partial charge in [-0.1, -0.05) is 0 Å². The number of alkyl halides is 1. The first kappa shape index (κ1) is 8.67. The van der Waals surface area contributed by atoms with E-state index in [1.54, 1.807) is 0 Å². The average molecular weight is 152 g/mol. The minimum atomic E-state index is -1.87. The van der Waals surface area contributed by atoms with Gasteiger partial charge in [0.2, 0.25) is 6.36 Å². The van der Waals surface area contributed by atoms with Gasteiger partial charge in [-0.05, 0) is 0 Å². The van der Waals surface area contributed by atoms with Crippen LogP contribution in [0.1, 0.15) is 6.92 Å². The molecule has 1 unspecified atom stereocenters. The lowest BCUT2D eigenvalue weighted by molar-refractivity contribution is -0.0140. The molecular weight excluding hydrogens is 147 g/mol. The highest BCUT2D eigenvalue weighted by molar-refractivity contribution is 5.75. The summed E-state index contributed by atoms with van der Waals surface area (Å²) >= 11 is 0. The maximum Gasteiger partial charge on any atom is 0.521 e. The number of carboxylic acid groups (broad SMARTS) is 1. The largest absolute Gasteiger partial charge is 0.521 e. The number of ether oxygens (including phenoxy) is 2. The Hall–Kier alpha value is -1.33. The van der Waals surface area contributed by atoms with Crippen molar-refractivity contribution >= 4 is 12.3 Å². The Kier molecular flexibility index (Phi) is 3.16. The second-order valence-electron chi connectivity index (χ2n) is 1.28. The fourth-order valence-corrected chi connectivity index (χ4v) is 0.228. The molecule has 0 amide bonds. The lowest BCUT2D eigenvalue weighted by Gasteiger charge is -2.00. The Bertz CT molecular complexity index is 143. The minimum Gasteiger partial charge on any atom is -0.449 e. The maximum absolute atomic E-state index is 11.7. The molecule has 6 heteroatoms. The first-order valence-electron chi connectivity index (χ1n) is 2.28. The predicted molar refractivity (Wildman–Crippen MR) is 26.2 cm³/mol. The molecule has 0 aromatic heterocycles. The van der Waals surface area contributed by atoms with Crippen molar-refractivity contribution in [3.8, 4) is 0 Å². The van der Waals surface area contributed by atoms with E-state index in [-0.39, 0.29) is 0 Å². The predicted octanol–water partition coefficient (Wildman–Crippen LogP) is 1.13. The fraction of sp³-hybridized carbons (Fsp3) is 0.500. The van der Waals surface area contributed by atoms with Crippen LogP contribution in [0.15, 0.2) is 0 Å². The van der Waals surface area contributed by atoms with Crippen LogP contribution in [0.3, 0.4) is 0 Å². The quantitative estimate of drug-likeness (QED) is 0.450. The van der Waals surface area contributed by atoms with Gasteiger partial charge in [-0.15, -0.1) is 0 Å². The Morgan fingerprint density at radius 3 is 2.40 bits per heavy atom. The zero-order valence-electron chi connectivity index (χ0n) is 5.04. The van der Waals surface area contributed by atoms with Gasteiger partial charge in [0.25, 0.3) is 0 Å². The first-order valence-corrected chi connectivity index (χ1v) is 2.28. The minimum absolute atomic E-state index is 0.920. The van der Waals surface area contributed by atoms with Crippen LogP contribution in [-0.2, 0) is 9.47 Å². The second-order valence-corrected chi connectivity index (χ2v) is 1.28. The number of halogens is 1. The third-order valence-electron chi connectivity index (χ3n) is 0.429. The van der Waals surface area contributed by atoms with Crippen molar-refractivity contribution in [2.45, 2.75) is 13.3 Å². The Labute approximate surface area is 55.3 Å². The fourth-order valence-electron chi connectivity index (χ4n) is 0.228. The van der Waals surface area contributed by atoms with E-state index in [2.05, 4.69) is 9.47 Å². The first-order chi connectivity index (χ1) is 4.52. The molecule has 0 saturated heterocycles. The standard InChI is InChI=1S/C4H5FO5/c1-2(5)9-4(8)10-3(6)7/h2H,1H3,(H,6,7). The molecule has 0 aliphatic carbocycles.